The van der Waals surface area contributed by atoms with Gasteiger partial charge in [-0.05, 0) is 42.5 Å². The molecule has 0 aliphatic rings. The maximum Gasteiger partial charge on any atom is 0.379 e. The van der Waals surface area contributed by atoms with E-state index in [4.69, 9.17) is 4.74 Å². The van der Waals surface area contributed by atoms with Crippen LogP contribution in [0.15, 0.2) is 24.3 Å². The Hall–Kier alpha value is -1.84. The summed E-state index contributed by atoms with van der Waals surface area (Å²) in [7, 11) is 0. The average molecular weight is 404 g/mol. The molecule has 0 saturated carbocycles. The third-order valence-electron chi connectivity index (χ3n) is 5.04. The number of hydrogen-bond acceptors (Lipinski definition) is 4. The molecule has 0 saturated heterocycles. The topological polar surface area (TPSA) is 55.4 Å². The quantitative estimate of drug-likeness (QED) is 0.149. The molecule has 4 heteroatoms. The zero-order valence-electron chi connectivity index (χ0n) is 19.0. The number of ketones is 1. The molecule has 4 nitrogen and oxygen atoms in total. The highest BCUT2D eigenvalue weighted by molar-refractivity contribution is 6.33. The lowest BCUT2D eigenvalue weighted by Gasteiger charge is -2.17. The minimum Gasteiger partial charge on any atom is -0.421 e. The summed E-state index contributed by atoms with van der Waals surface area (Å²) in [5, 5.41) is 3.38. The van der Waals surface area contributed by atoms with Gasteiger partial charge in [-0.2, -0.15) is 0 Å². The molecule has 0 atom stereocenters. The van der Waals surface area contributed by atoms with Crippen molar-refractivity contribution in [2.24, 2.45) is 5.41 Å². The molecule has 0 aliphatic heterocycles. The van der Waals surface area contributed by atoms with Gasteiger partial charge in [-0.25, -0.2) is 4.79 Å². The fraction of sp³-hybridized carbons (Fsp3) is 0.680. The summed E-state index contributed by atoms with van der Waals surface area (Å²) in [4.78, 5) is 22.1. The summed E-state index contributed by atoms with van der Waals surface area (Å²) >= 11 is 0. The van der Waals surface area contributed by atoms with Gasteiger partial charge in [0.2, 0.25) is 5.78 Å². The van der Waals surface area contributed by atoms with E-state index in [2.05, 4.69) is 26.1 Å². The SMILES string of the molecule is CC(=O)C(=O)Oc1ccc(NCCCCCCCCCCCCC(C)(C)C)cc1. The van der Waals surface area contributed by atoms with E-state index in [0.29, 0.717) is 11.2 Å². The van der Waals surface area contributed by atoms with Crippen molar-refractivity contribution in [3.63, 3.8) is 0 Å². The molecule has 0 aromatic heterocycles. The Morgan fingerprint density at radius 2 is 1.28 bits per heavy atom. The van der Waals surface area contributed by atoms with Crippen molar-refractivity contribution in [2.45, 2.75) is 98.3 Å². The lowest BCUT2D eigenvalue weighted by molar-refractivity contribution is -0.146. The number of carbonyl (C=O) groups excluding carboxylic acids is 2. The van der Waals surface area contributed by atoms with Crippen LogP contribution in [-0.2, 0) is 9.59 Å². The summed E-state index contributed by atoms with van der Waals surface area (Å²) < 4.78 is 4.94. The molecule has 29 heavy (non-hydrogen) atoms. The molecule has 0 heterocycles. The largest absolute Gasteiger partial charge is 0.421 e. The van der Waals surface area contributed by atoms with Crippen LogP contribution in [0.3, 0.4) is 0 Å². The van der Waals surface area contributed by atoms with Gasteiger partial charge in [0.25, 0.3) is 0 Å². The highest BCUT2D eigenvalue weighted by Crippen LogP contribution is 2.22. The summed E-state index contributed by atoms with van der Waals surface area (Å²) in [6.45, 7) is 9.13. The van der Waals surface area contributed by atoms with Crippen molar-refractivity contribution in [1.29, 1.82) is 0 Å². The van der Waals surface area contributed by atoms with E-state index in [9.17, 15) is 9.59 Å². The fourth-order valence-electron chi connectivity index (χ4n) is 3.25. The van der Waals surface area contributed by atoms with Crippen molar-refractivity contribution < 1.29 is 14.3 Å². The summed E-state index contributed by atoms with van der Waals surface area (Å²) in [5.41, 5.74) is 1.49. The Labute approximate surface area is 177 Å². The zero-order chi connectivity index (χ0) is 21.5. The normalized spacial score (nSPS) is 11.3. The third kappa shape index (κ3) is 13.9. The molecule has 1 aromatic carbocycles. The molecule has 1 N–H and O–H groups in total. The smallest absolute Gasteiger partial charge is 0.379 e. The van der Waals surface area contributed by atoms with Crippen LogP contribution in [0.25, 0.3) is 0 Å². The number of esters is 1. The Kier molecular flexibility index (Phi) is 12.3. The van der Waals surface area contributed by atoms with E-state index in [1.165, 1.54) is 71.1 Å². The van der Waals surface area contributed by atoms with Crippen molar-refractivity contribution in [1.82, 2.24) is 0 Å². The molecule has 0 spiro atoms. The van der Waals surface area contributed by atoms with Gasteiger partial charge in [-0.1, -0.05) is 78.6 Å². The van der Waals surface area contributed by atoms with E-state index in [-0.39, 0.29) is 0 Å². The minimum absolute atomic E-state index is 0.393. The van der Waals surface area contributed by atoms with E-state index in [1.807, 2.05) is 12.1 Å². The molecule has 0 fully saturated rings. The van der Waals surface area contributed by atoms with Gasteiger partial charge in [-0.3, -0.25) is 4.79 Å². The van der Waals surface area contributed by atoms with E-state index in [0.717, 1.165) is 18.7 Å². The van der Waals surface area contributed by atoms with Crippen LogP contribution in [-0.4, -0.2) is 18.3 Å². The van der Waals surface area contributed by atoms with Crippen LogP contribution < -0.4 is 10.1 Å². The molecule has 0 unspecified atom stereocenters. The molecule has 0 radical (unpaired) electrons. The van der Waals surface area contributed by atoms with Gasteiger partial charge >= 0.3 is 5.97 Å². The highest BCUT2D eigenvalue weighted by Gasteiger charge is 2.10. The second-order valence-corrected chi connectivity index (χ2v) is 9.24. The first-order valence-electron chi connectivity index (χ1n) is 11.3. The maximum atomic E-state index is 11.2. The van der Waals surface area contributed by atoms with E-state index >= 15 is 0 Å². The molecule has 1 aromatic rings. The number of ether oxygens (including phenoxy) is 1. The molecule has 0 amide bonds. The minimum atomic E-state index is -0.828. The maximum absolute atomic E-state index is 11.2. The number of anilines is 1. The number of benzene rings is 1. The van der Waals surface area contributed by atoms with Crippen LogP contribution in [0.2, 0.25) is 0 Å². The average Bonchev–Trinajstić information content (AvgIpc) is 2.65. The predicted molar refractivity (Wildman–Crippen MR) is 121 cm³/mol. The highest BCUT2D eigenvalue weighted by atomic mass is 16.5. The lowest BCUT2D eigenvalue weighted by Crippen LogP contribution is -2.16. The Morgan fingerprint density at radius 1 is 0.793 bits per heavy atom. The second-order valence-electron chi connectivity index (χ2n) is 9.24. The number of hydrogen-bond donors (Lipinski definition) is 1. The predicted octanol–water partition coefficient (Wildman–Crippen LogP) is 6.93. The second kappa shape index (κ2) is 14.2. The van der Waals surface area contributed by atoms with Gasteiger partial charge < -0.3 is 10.1 Å². The van der Waals surface area contributed by atoms with Crippen molar-refractivity contribution in [3.05, 3.63) is 24.3 Å². The third-order valence-corrected chi connectivity index (χ3v) is 5.04. The molecule has 0 aliphatic carbocycles. The zero-order valence-corrected chi connectivity index (χ0v) is 19.0. The molecule has 0 bridgehead atoms. The molecular weight excluding hydrogens is 362 g/mol. The summed E-state index contributed by atoms with van der Waals surface area (Å²) in [6.07, 6.45) is 14.7. The van der Waals surface area contributed by atoms with Crippen molar-refractivity contribution in [2.75, 3.05) is 11.9 Å². The number of rotatable bonds is 15. The van der Waals surface area contributed by atoms with E-state index < -0.39 is 11.8 Å². The van der Waals surface area contributed by atoms with Crippen LogP contribution in [0.5, 0.6) is 5.75 Å². The first-order chi connectivity index (χ1) is 13.8. The molecule has 1 rings (SSSR count). The van der Waals surface area contributed by atoms with Gasteiger partial charge in [0, 0.05) is 19.2 Å². The van der Waals surface area contributed by atoms with Crippen molar-refractivity contribution in [3.8, 4) is 5.75 Å². The number of Topliss-reactive ketones (excluding diaryl/α,β-unsaturated/α-hetero) is 1. The van der Waals surface area contributed by atoms with E-state index in [1.54, 1.807) is 12.1 Å². The van der Waals surface area contributed by atoms with Crippen LogP contribution in [0, 0.1) is 5.41 Å². The van der Waals surface area contributed by atoms with Crippen molar-refractivity contribution >= 4 is 17.4 Å². The molecular formula is C25H41NO3. The number of carbonyl (C=O) groups is 2. The van der Waals surface area contributed by atoms with Gasteiger partial charge in [0.1, 0.15) is 5.75 Å². The fourth-order valence-corrected chi connectivity index (χ4v) is 3.25. The van der Waals surface area contributed by atoms with Gasteiger partial charge in [0.05, 0.1) is 0 Å². The Bertz CT molecular complexity index is 587. The Balaban J connectivity index is 1.94. The monoisotopic (exact) mass is 403 g/mol. The Morgan fingerprint density at radius 3 is 1.76 bits per heavy atom. The molecule has 164 valence electrons. The first kappa shape index (κ1) is 25.2. The number of nitrogens with one attached hydrogen (secondary N) is 1. The summed E-state index contributed by atoms with van der Waals surface area (Å²) in [5.74, 6) is -1.03. The van der Waals surface area contributed by atoms with Crippen LogP contribution >= 0.6 is 0 Å². The summed E-state index contributed by atoms with van der Waals surface area (Å²) in [6, 6.07) is 7.13. The van der Waals surface area contributed by atoms with Gasteiger partial charge in [-0.15, -0.1) is 0 Å². The van der Waals surface area contributed by atoms with Gasteiger partial charge in [0.15, 0.2) is 0 Å². The van der Waals surface area contributed by atoms with Crippen LogP contribution in [0.4, 0.5) is 5.69 Å². The van der Waals surface area contributed by atoms with Crippen LogP contribution in [0.1, 0.15) is 98.3 Å². The first-order valence-corrected chi connectivity index (χ1v) is 11.3. The standard InChI is InChI=1S/C25H41NO3/c1-21(27)24(28)29-23-17-15-22(16-18-23)26-20-14-12-10-8-6-5-7-9-11-13-19-25(2,3)4/h15-18,26H,5-14,19-20H2,1-4H3. The number of unbranched alkanes of at least 4 members (excludes halogenated alkanes) is 9. The lowest BCUT2D eigenvalue weighted by atomic mass is 9.89.